The first kappa shape index (κ1) is 33.9. The third-order valence-corrected chi connectivity index (χ3v) is 7.92. The van der Waals surface area contributed by atoms with E-state index in [0.29, 0.717) is 12.7 Å². The van der Waals surface area contributed by atoms with Crippen molar-refractivity contribution in [2.24, 2.45) is 0 Å². The fraction of sp³-hybridized carbons (Fsp3) is 0.970. The molecule has 1 fully saturated rings. The van der Waals surface area contributed by atoms with Gasteiger partial charge in [0.2, 0.25) is 0 Å². The second-order valence-electron chi connectivity index (χ2n) is 11.5. The Balaban J connectivity index is 1.86. The summed E-state index contributed by atoms with van der Waals surface area (Å²) in [7, 11) is 0. The molecule has 214 valence electrons. The monoisotopic (exact) mass is 508 g/mol. The molecule has 0 saturated carbocycles. The largest absolute Gasteiger partial charge is 0.379 e. The summed E-state index contributed by atoms with van der Waals surface area (Å²) in [6, 6.07) is 0. The van der Waals surface area contributed by atoms with Crippen molar-refractivity contribution in [1.29, 1.82) is 0 Å². The second kappa shape index (κ2) is 27.9. The number of unbranched alkanes of at least 4 members (excludes halogenated alkanes) is 17. The highest BCUT2D eigenvalue weighted by Crippen LogP contribution is 2.18. The Kier molecular flexibility index (Phi) is 26.3. The van der Waals surface area contributed by atoms with E-state index in [2.05, 4.69) is 6.92 Å². The average molecular weight is 509 g/mol. The standard InChI is InChI=1S/C33H64O3/c1-2-3-4-5-6-7-8-9-10-11-12-13-14-15-16-17-20-24-30-36-33-27-22-19-18-21-26-32(34)31-35-29-25-23-28-33/h32-33H,1-31H2. The summed E-state index contributed by atoms with van der Waals surface area (Å²) in [5, 5.41) is 11.8. The molecule has 0 aromatic carbocycles. The van der Waals surface area contributed by atoms with E-state index in [0.717, 1.165) is 51.7 Å². The molecular formula is C33H64O3. The van der Waals surface area contributed by atoms with Crippen molar-refractivity contribution >= 4 is 0 Å². The molecule has 2 radical (unpaired) electrons. The molecule has 0 amide bonds. The van der Waals surface area contributed by atoms with E-state index in [9.17, 15) is 5.11 Å². The summed E-state index contributed by atoms with van der Waals surface area (Å²) >= 11 is 0. The van der Waals surface area contributed by atoms with E-state index < -0.39 is 6.10 Å². The summed E-state index contributed by atoms with van der Waals surface area (Å²) < 4.78 is 11.9. The summed E-state index contributed by atoms with van der Waals surface area (Å²) in [4.78, 5) is 0. The van der Waals surface area contributed by atoms with Gasteiger partial charge in [0.25, 0.3) is 0 Å². The maximum Gasteiger partial charge on any atom is 0.116 e. The first-order valence-corrected chi connectivity index (χ1v) is 16.5. The Morgan fingerprint density at radius 2 is 1.00 bits per heavy atom. The molecule has 2 unspecified atom stereocenters. The van der Waals surface area contributed by atoms with E-state index in [1.165, 1.54) is 135 Å². The maximum absolute atomic E-state index is 11.8. The average Bonchev–Trinajstić information content (AvgIpc) is 2.88. The van der Waals surface area contributed by atoms with Crippen LogP contribution in [0.25, 0.3) is 0 Å². The third kappa shape index (κ3) is 24.2. The Hall–Kier alpha value is -0.120. The van der Waals surface area contributed by atoms with Crippen LogP contribution < -0.4 is 0 Å². The van der Waals surface area contributed by atoms with Crippen LogP contribution in [-0.2, 0) is 14.6 Å². The van der Waals surface area contributed by atoms with E-state index in [1.54, 1.807) is 0 Å². The van der Waals surface area contributed by atoms with Gasteiger partial charge in [0.1, 0.15) is 6.10 Å². The van der Waals surface area contributed by atoms with Crippen LogP contribution in [0.1, 0.15) is 173 Å². The molecule has 0 N–H and O–H groups in total. The second-order valence-corrected chi connectivity index (χ2v) is 11.5. The van der Waals surface area contributed by atoms with Crippen LogP contribution >= 0.6 is 0 Å². The van der Waals surface area contributed by atoms with Crippen LogP contribution in [-0.4, -0.2) is 32.0 Å². The molecule has 0 aromatic heterocycles. The number of hydrogen-bond donors (Lipinski definition) is 0. The van der Waals surface area contributed by atoms with Gasteiger partial charge in [-0.2, -0.15) is 0 Å². The molecule has 1 aliphatic heterocycles. The number of ether oxygens (including phenoxy) is 2. The van der Waals surface area contributed by atoms with Gasteiger partial charge in [-0.1, -0.05) is 142 Å². The predicted octanol–water partition coefficient (Wildman–Crippen LogP) is 10.6. The first-order valence-electron chi connectivity index (χ1n) is 16.5. The molecule has 0 aliphatic carbocycles. The normalized spacial score (nSPS) is 20.8. The lowest BCUT2D eigenvalue weighted by Crippen LogP contribution is -2.16. The zero-order valence-electron chi connectivity index (χ0n) is 24.3. The first-order chi connectivity index (χ1) is 17.8. The lowest BCUT2D eigenvalue weighted by atomic mass is 10.0. The van der Waals surface area contributed by atoms with Crippen LogP contribution in [0.2, 0.25) is 0 Å². The number of hydrogen-bond acceptors (Lipinski definition) is 2. The van der Waals surface area contributed by atoms with Gasteiger partial charge >= 0.3 is 0 Å². The van der Waals surface area contributed by atoms with Crippen molar-refractivity contribution < 1.29 is 14.6 Å². The Labute approximate surface area is 226 Å². The SMILES string of the molecule is [CH2]CCCCCCCCCCCCCCCCCCCOC1CCCCCCC([O])COCCCC1. The van der Waals surface area contributed by atoms with Crippen molar-refractivity contribution in [3.8, 4) is 0 Å². The molecule has 1 heterocycles. The van der Waals surface area contributed by atoms with E-state index >= 15 is 0 Å². The van der Waals surface area contributed by atoms with Gasteiger partial charge in [-0.15, -0.1) is 0 Å². The topological polar surface area (TPSA) is 38.4 Å². The molecule has 0 aromatic rings. The van der Waals surface area contributed by atoms with Gasteiger partial charge < -0.3 is 9.47 Å². The van der Waals surface area contributed by atoms with Gasteiger partial charge in [-0.05, 0) is 38.5 Å². The lowest BCUT2D eigenvalue weighted by molar-refractivity contribution is -0.0119. The summed E-state index contributed by atoms with van der Waals surface area (Å²) in [6.45, 7) is 6.00. The highest BCUT2D eigenvalue weighted by Gasteiger charge is 2.11. The van der Waals surface area contributed by atoms with Crippen molar-refractivity contribution in [3.63, 3.8) is 0 Å². The van der Waals surface area contributed by atoms with Gasteiger partial charge in [0.05, 0.1) is 12.7 Å². The molecule has 0 spiro atoms. The molecule has 3 nitrogen and oxygen atoms in total. The molecule has 1 saturated heterocycles. The molecule has 36 heavy (non-hydrogen) atoms. The minimum atomic E-state index is -0.517. The zero-order valence-corrected chi connectivity index (χ0v) is 24.3. The molecule has 0 bridgehead atoms. The maximum atomic E-state index is 11.8. The molecule has 1 rings (SSSR count). The van der Waals surface area contributed by atoms with E-state index in [-0.39, 0.29) is 0 Å². The fourth-order valence-electron chi connectivity index (χ4n) is 5.46. The van der Waals surface area contributed by atoms with Crippen molar-refractivity contribution in [2.45, 2.75) is 186 Å². The van der Waals surface area contributed by atoms with E-state index in [1.807, 2.05) is 0 Å². The van der Waals surface area contributed by atoms with E-state index in [4.69, 9.17) is 9.47 Å². The Morgan fingerprint density at radius 1 is 0.556 bits per heavy atom. The molecule has 2 atom stereocenters. The van der Waals surface area contributed by atoms with Crippen LogP contribution in [0.5, 0.6) is 0 Å². The van der Waals surface area contributed by atoms with Crippen LogP contribution in [0, 0.1) is 6.92 Å². The summed E-state index contributed by atoms with van der Waals surface area (Å²) in [5.41, 5.74) is 0. The quantitative estimate of drug-likeness (QED) is 0.153. The van der Waals surface area contributed by atoms with Gasteiger partial charge in [0, 0.05) is 13.2 Å². The molecular weight excluding hydrogens is 444 g/mol. The summed E-state index contributed by atoms with van der Waals surface area (Å²) in [6.07, 6.45) is 35.0. The molecule has 3 heteroatoms. The van der Waals surface area contributed by atoms with Crippen LogP contribution in [0.3, 0.4) is 0 Å². The highest BCUT2D eigenvalue weighted by atomic mass is 16.5. The minimum Gasteiger partial charge on any atom is -0.379 e. The number of rotatable bonds is 20. The Morgan fingerprint density at radius 3 is 1.53 bits per heavy atom. The van der Waals surface area contributed by atoms with Crippen LogP contribution in [0.4, 0.5) is 0 Å². The Bertz CT molecular complexity index is 398. The predicted molar refractivity (Wildman–Crippen MR) is 155 cm³/mol. The lowest BCUT2D eigenvalue weighted by Gasteiger charge is -2.19. The van der Waals surface area contributed by atoms with Crippen molar-refractivity contribution in [3.05, 3.63) is 6.92 Å². The fourth-order valence-corrected chi connectivity index (χ4v) is 5.46. The zero-order chi connectivity index (χ0) is 25.8. The van der Waals surface area contributed by atoms with Crippen molar-refractivity contribution in [2.75, 3.05) is 19.8 Å². The van der Waals surface area contributed by atoms with Crippen LogP contribution in [0.15, 0.2) is 0 Å². The molecule has 1 aliphatic rings. The van der Waals surface area contributed by atoms with Gasteiger partial charge in [0.15, 0.2) is 0 Å². The summed E-state index contributed by atoms with van der Waals surface area (Å²) in [5.74, 6) is 0. The smallest absolute Gasteiger partial charge is 0.116 e. The minimum absolute atomic E-state index is 0.401. The third-order valence-electron chi connectivity index (χ3n) is 7.92. The highest BCUT2D eigenvalue weighted by molar-refractivity contribution is 4.62. The van der Waals surface area contributed by atoms with Gasteiger partial charge in [-0.3, -0.25) is 0 Å². The van der Waals surface area contributed by atoms with Gasteiger partial charge in [-0.25, -0.2) is 5.11 Å². The van der Waals surface area contributed by atoms with Crippen molar-refractivity contribution in [1.82, 2.24) is 0 Å².